The van der Waals surface area contributed by atoms with Gasteiger partial charge in [-0.25, -0.2) is 9.78 Å². The number of rotatable bonds is 2. The fourth-order valence-corrected chi connectivity index (χ4v) is 1.23. The Morgan fingerprint density at radius 2 is 2.36 bits per heavy atom. The molecule has 0 saturated carbocycles. The molecule has 0 unspecified atom stereocenters. The molecular formula is C9H11N3O2. The van der Waals surface area contributed by atoms with Gasteiger partial charge >= 0.3 is 5.69 Å². The zero-order valence-corrected chi connectivity index (χ0v) is 8.07. The van der Waals surface area contributed by atoms with E-state index in [1.807, 2.05) is 13.8 Å². The van der Waals surface area contributed by atoms with Gasteiger partial charge in [0.25, 0.3) is 0 Å². The number of nitrogens with one attached hydrogen (secondary N) is 1. The summed E-state index contributed by atoms with van der Waals surface area (Å²) < 4.78 is 6.86. The highest BCUT2D eigenvalue weighted by Crippen LogP contribution is 2.08. The van der Waals surface area contributed by atoms with E-state index in [4.69, 9.17) is 4.42 Å². The number of aromatic nitrogens is 3. The van der Waals surface area contributed by atoms with Crippen LogP contribution in [0.4, 0.5) is 0 Å². The van der Waals surface area contributed by atoms with Crippen molar-refractivity contribution in [1.29, 1.82) is 0 Å². The molecule has 0 atom stereocenters. The van der Waals surface area contributed by atoms with Crippen molar-refractivity contribution in [2.75, 3.05) is 0 Å². The summed E-state index contributed by atoms with van der Waals surface area (Å²) in [7, 11) is 0. The van der Waals surface area contributed by atoms with Crippen molar-refractivity contribution in [2.45, 2.75) is 20.4 Å². The van der Waals surface area contributed by atoms with Crippen LogP contribution in [-0.2, 0) is 6.54 Å². The number of aromatic amines is 1. The van der Waals surface area contributed by atoms with E-state index in [0.29, 0.717) is 12.4 Å². The first-order valence-corrected chi connectivity index (χ1v) is 4.33. The van der Waals surface area contributed by atoms with E-state index >= 15 is 0 Å². The molecule has 74 valence electrons. The van der Waals surface area contributed by atoms with Gasteiger partial charge < -0.3 is 9.40 Å². The molecule has 2 rings (SSSR count). The van der Waals surface area contributed by atoms with E-state index in [1.165, 1.54) is 4.57 Å². The van der Waals surface area contributed by atoms with E-state index in [9.17, 15) is 4.79 Å². The third-order valence-corrected chi connectivity index (χ3v) is 2.10. The highest BCUT2D eigenvalue weighted by molar-refractivity contribution is 5.05. The molecule has 0 aliphatic heterocycles. The monoisotopic (exact) mass is 193 g/mol. The van der Waals surface area contributed by atoms with Crippen LogP contribution in [0.3, 0.4) is 0 Å². The second-order valence-corrected chi connectivity index (χ2v) is 3.14. The quantitative estimate of drug-likeness (QED) is 0.768. The summed E-state index contributed by atoms with van der Waals surface area (Å²) in [6, 6.07) is 0. The van der Waals surface area contributed by atoms with Crippen LogP contribution in [0.1, 0.15) is 17.3 Å². The molecule has 2 aromatic heterocycles. The van der Waals surface area contributed by atoms with Gasteiger partial charge in [0.05, 0.1) is 5.69 Å². The van der Waals surface area contributed by atoms with Crippen molar-refractivity contribution in [3.05, 3.63) is 40.2 Å². The second kappa shape index (κ2) is 3.17. The van der Waals surface area contributed by atoms with Crippen molar-refractivity contribution in [3.63, 3.8) is 0 Å². The molecule has 1 N–H and O–H groups in total. The van der Waals surface area contributed by atoms with Crippen molar-refractivity contribution in [1.82, 2.24) is 14.5 Å². The molecule has 0 fully saturated rings. The van der Waals surface area contributed by atoms with E-state index in [0.717, 1.165) is 11.5 Å². The number of H-pyrrole nitrogens is 1. The summed E-state index contributed by atoms with van der Waals surface area (Å²) in [5.74, 6) is 1.35. The molecule has 5 heteroatoms. The lowest BCUT2D eigenvalue weighted by Gasteiger charge is -1.94. The number of nitrogens with zero attached hydrogens (tertiary/aromatic N) is 2. The van der Waals surface area contributed by atoms with Crippen molar-refractivity contribution >= 4 is 0 Å². The largest absolute Gasteiger partial charge is 0.444 e. The van der Waals surface area contributed by atoms with Crippen LogP contribution in [-0.4, -0.2) is 14.5 Å². The van der Waals surface area contributed by atoms with Crippen LogP contribution in [0.25, 0.3) is 0 Å². The number of hydrogen-bond acceptors (Lipinski definition) is 3. The topological polar surface area (TPSA) is 63.8 Å². The SMILES string of the molecule is Cc1nc(Cn2cc[nH]c2=O)oc1C. The molecule has 0 aliphatic carbocycles. The van der Waals surface area contributed by atoms with Gasteiger partial charge in [-0.1, -0.05) is 0 Å². The Balaban J connectivity index is 2.27. The first kappa shape index (κ1) is 8.80. The summed E-state index contributed by atoms with van der Waals surface area (Å²) in [5.41, 5.74) is 0.710. The van der Waals surface area contributed by atoms with Crippen LogP contribution < -0.4 is 5.69 Å². The standard InChI is InChI=1S/C9H11N3O2/c1-6-7(2)14-8(11-6)5-12-4-3-10-9(12)13/h3-4H,5H2,1-2H3,(H,10,13). The second-order valence-electron chi connectivity index (χ2n) is 3.14. The summed E-state index contributed by atoms with van der Waals surface area (Å²) in [6.07, 6.45) is 3.25. The Bertz CT molecular complexity index is 473. The van der Waals surface area contributed by atoms with Crippen molar-refractivity contribution < 1.29 is 4.42 Å². The number of hydrogen-bond donors (Lipinski definition) is 1. The third-order valence-electron chi connectivity index (χ3n) is 2.10. The maximum atomic E-state index is 11.2. The maximum Gasteiger partial charge on any atom is 0.325 e. The van der Waals surface area contributed by atoms with E-state index in [-0.39, 0.29) is 5.69 Å². The Hall–Kier alpha value is -1.78. The van der Waals surface area contributed by atoms with E-state index in [1.54, 1.807) is 12.4 Å². The van der Waals surface area contributed by atoms with Gasteiger partial charge in [-0.15, -0.1) is 0 Å². The van der Waals surface area contributed by atoms with Gasteiger partial charge in [-0.05, 0) is 13.8 Å². The average Bonchev–Trinajstić information content (AvgIpc) is 2.63. The van der Waals surface area contributed by atoms with Crippen LogP contribution in [0, 0.1) is 13.8 Å². The fraction of sp³-hybridized carbons (Fsp3) is 0.333. The minimum atomic E-state index is -0.154. The predicted octanol–water partition coefficient (Wildman–Crippen LogP) is 0.830. The normalized spacial score (nSPS) is 10.7. The zero-order valence-electron chi connectivity index (χ0n) is 8.07. The molecule has 0 aromatic carbocycles. The lowest BCUT2D eigenvalue weighted by atomic mass is 10.4. The lowest BCUT2D eigenvalue weighted by Crippen LogP contribution is -2.16. The molecule has 2 aromatic rings. The van der Waals surface area contributed by atoms with E-state index in [2.05, 4.69) is 9.97 Å². The highest BCUT2D eigenvalue weighted by atomic mass is 16.4. The Morgan fingerprint density at radius 1 is 1.57 bits per heavy atom. The Kier molecular flexibility index (Phi) is 1.99. The summed E-state index contributed by atoms with van der Waals surface area (Å²) >= 11 is 0. The number of oxazole rings is 1. The van der Waals surface area contributed by atoms with Crippen LogP contribution in [0.5, 0.6) is 0 Å². The molecule has 0 spiro atoms. The predicted molar refractivity (Wildman–Crippen MR) is 50.1 cm³/mol. The first-order chi connectivity index (χ1) is 6.66. The smallest absolute Gasteiger partial charge is 0.325 e. The van der Waals surface area contributed by atoms with E-state index < -0.39 is 0 Å². The van der Waals surface area contributed by atoms with Gasteiger partial charge in [-0.3, -0.25) is 4.57 Å². The van der Waals surface area contributed by atoms with Crippen LogP contribution in [0.15, 0.2) is 21.6 Å². The maximum absolute atomic E-state index is 11.2. The molecule has 14 heavy (non-hydrogen) atoms. The molecule has 2 heterocycles. The molecule has 0 radical (unpaired) electrons. The average molecular weight is 193 g/mol. The minimum Gasteiger partial charge on any atom is -0.444 e. The fourth-order valence-electron chi connectivity index (χ4n) is 1.23. The number of imidazole rings is 1. The summed E-state index contributed by atoms with van der Waals surface area (Å²) in [5, 5.41) is 0. The van der Waals surface area contributed by atoms with Gasteiger partial charge in [0, 0.05) is 12.4 Å². The summed E-state index contributed by atoms with van der Waals surface area (Å²) in [4.78, 5) is 17.9. The molecule has 5 nitrogen and oxygen atoms in total. The first-order valence-electron chi connectivity index (χ1n) is 4.33. The van der Waals surface area contributed by atoms with Crippen molar-refractivity contribution in [3.8, 4) is 0 Å². The van der Waals surface area contributed by atoms with Gasteiger partial charge in [-0.2, -0.15) is 0 Å². The zero-order chi connectivity index (χ0) is 10.1. The van der Waals surface area contributed by atoms with Crippen LogP contribution >= 0.6 is 0 Å². The summed E-state index contributed by atoms with van der Waals surface area (Å²) in [6.45, 7) is 4.10. The Labute approximate surface area is 80.4 Å². The molecule has 0 amide bonds. The minimum absolute atomic E-state index is 0.154. The highest BCUT2D eigenvalue weighted by Gasteiger charge is 2.06. The third kappa shape index (κ3) is 1.48. The van der Waals surface area contributed by atoms with Crippen molar-refractivity contribution in [2.24, 2.45) is 0 Å². The van der Waals surface area contributed by atoms with Gasteiger partial charge in [0.2, 0.25) is 5.89 Å². The number of aryl methyl sites for hydroxylation is 2. The lowest BCUT2D eigenvalue weighted by molar-refractivity contribution is 0.454. The molecule has 0 aliphatic rings. The van der Waals surface area contributed by atoms with Gasteiger partial charge in [0.15, 0.2) is 0 Å². The molecular weight excluding hydrogens is 182 g/mol. The molecule has 0 saturated heterocycles. The molecule has 0 bridgehead atoms. The van der Waals surface area contributed by atoms with Crippen LogP contribution in [0.2, 0.25) is 0 Å². The van der Waals surface area contributed by atoms with Gasteiger partial charge in [0.1, 0.15) is 12.3 Å². The Morgan fingerprint density at radius 3 is 2.86 bits per heavy atom.